The fourth-order valence-corrected chi connectivity index (χ4v) is 13.8. The Kier molecular flexibility index (Phi) is 25.9. The normalized spacial score (nSPS) is 19.0. The standard InChI is InChI=1S/C48H71IN2O20S4/c1-47(19-10-34-72(54,55)56)41-37-39(75(63,64)65)16-18-43(41)51(22-23-67-26-27-69-30-31-71-33-32-70-29-28-68-25-24-66-3)49-44(47)12-6-4-7-13-45-48(2,20-11-35-73(57,58)59)40-36-38(74(60,61)62)15-17-42(40)50(45)21-9-5-8-14-46(52)53/h4,6-7,12-13,15-18,36-37H,5,8-11,14,19-35H2,1-3H3,(H,52,53)(H,54,55,56)(H,57,58,59)(H,60,61,62)(H,63,64,65)/b7-4+,12-6+,45-13+. The van der Waals surface area contributed by atoms with E-state index >= 15 is 0 Å². The number of allylic oxidation sites excluding steroid dienone is 6. The molecule has 0 bridgehead atoms. The van der Waals surface area contributed by atoms with Crippen LogP contribution in [0.1, 0.15) is 76.3 Å². The van der Waals surface area contributed by atoms with Gasteiger partial charge in [0.05, 0.1) is 101 Å². The molecule has 4 rings (SSSR count). The third kappa shape index (κ3) is 21.1. The molecule has 75 heavy (non-hydrogen) atoms. The van der Waals surface area contributed by atoms with Crippen LogP contribution >= 0.6 is 21.0 Å². The highest BCUT2D eigenvalue weighted by Crippen LogP contribution is 2.52. The van der Waals surface area contributed by atoms with Crippen molar-refractivity contribution in [3.63, 3.8) is 0 Å². The Bertz CT molecular complexity index is 2790. The minimum atomic E-state index is -4.68. The number of anilines is 2. The number of methoxy groups -OCH3 is 1. The van der Waals surface area contributed by atoms with Gasteiger partial charge in [0, 0.05) is 72.5 Å². The van der Waals surface area contributed by atoms with Gasteiger partial charge < -0.3 is 41.5 Å². The lowest BCUT2D eigenvalue weighted by atomic mass is 9.75. The molecular formula is C48H71IN2O20S4. The molecule has 2 aliphatic rings. The van der Waals surface area contributed by atoms with Gasteiger partial charge in [-0.05, 0) is 99.0 Å². The van der Waals surface area contributed by atoms with Crippen LogP contribution in [0.15, 0.2) is 82.3 Å². The number of benzene rings is 2. The molecule has 0 aliphatic carbocycles. The molecule has 0 spiro atoms. The van der Waals surface area contributed by atoms with Gasteiger partial charge in [-0.25, -0.2) is 0 Å². The van der Waals surface area contributed by atoms with Crippen molar-refractivity contribution >= 4 is 82.3 Å². The molecule has 424 valence electrons. The molecule has 0 radical (unpaired) electrons. The molecule has 0 saturated carbocycles. The number of hydrogen-bond acceptors (Lipinski definition) is 17. The fraction of sp³-hybridized carbons (Fsp3) is 0.583. The van der Waals surface area contributed by atoms with E-state index in [0.717, 1.165) is 3.51 Å². The molecule has 5 N–H and O–H groups in total. The molecule has 2 heterocycles. The molecule has 2 atom stereocenters. The number of halogens is 1. The van der Waals surface area contributed by atoms with Crippen LogP contribution in [0.5, 0.6) is 0 Å². The lowest BCUT2D eigenvalue weighted by molar-refractivity contribution is -0.137. The summed E-state index contributed by atoms with van der Waals surface area (Å²) in [4.78, 5) is 12.4. The molecular weight excluding hydrogens is 1180 g/mol. The molecule has 0 saturated heterocycles. The highest BCUT2D eigenvalue weighted by molar-refractivity contribution is 14.2. The number of aliphatic carboxylic acids is 1. The second kappa shape index (κ2) is 30.2. The summed E-state index contributed by atoms with van der Waals surface area (Å²) < 4.78 is 172. The van der Waals surface area contributed by atoms with E-state index in [2.05, 4.69) is 3.11 Å². The Hall–Kier alpha value is -3.27. The van der Waals surface area contributed by atoms with E-state index in [1.54, 1.807) is 50.5 Å². The maximum absolute atomic E-state index is 12.5. The number of fused-ring (bicyclic) bond motifs is 2. The van der Waals surface area contributed by atoms with Crippen LogP contribution in [0.3, 0.4) is 0 Å². The third-order valence-corrected chi connectivity index (χ3v) is 19.3. The summed E-state index contributed by atoms with van der Waals surface area (Å²) in [6, 6.07) is 8.40. The summed E-state index contributed by atoms with van der Waals surface area (Å²) in [5, 5.41) is 9.19. The molecule has 2 aliphatic heterocycles. The van der Waals surface area contributed by atoms with Crippen molar-refractivity contribution in [1.29, 1.82) is 0 Å². The van der Waals surface area contributed by atoms with Gasteiger partial charge in [0.2, 0.25) is 0 Å². The van der Waals surface area contributed by atoms with Gasteiger partial charge in [-0.2, -0.15) is 33.7 Å². The smallest absolute Gasteiger partial charge is 0.303 e. The number of carboxylic acid groups (broad SMARTS) is 1. The monoisotopic (exact) mass is 1250 g/mol. The van der Waals surface area contributed by atoms with E-state index < -0.39 is 89.8 Å². The zero-order valence-corrected chi connectivity index (χ0v) is 47.8. The van der Waals surface area contributed by atoms with Crippen molar-refractivity contribution in [3.05, 3.63) is 83.6 Å². The van der Waals surface area contributed by atoms with Gasteiger partial charge in [-0.1, -0.05) is 37.6 Å². The van der Waals surface area contributed by atoms with Crippen LogP contribution in [-0.4, -0.2) is 171 Å². The lowest BCUT2D eigenvalue weighted by Crippen LogP contribution is -2.38. The van der Waals surface area contributed by atoms with Crippen molar-refractivity contribution in [3.8, 4) is 0 Å². The van der Waals surface area contributed by atoms with Gasteiger partial charge in [0.25, 0.3) is 40.5 Å². The largest absolute Gasteiger partial charge is 0.481 e. The van der Waals surface area contributed by atoms with Crippen molar-refractivity contribution in [1.82, 2.24) is 0 Å². The topological polar surface area (TPSA) is 317 Å². The van der Waals surface area contributed by atoms with Crippen LogP contribution in [0.4, 0.5) is 11.4 Å². The molecule has 0 fully saturated rings. The number of carbonyl (C=O) groups is 1. The van der Waals surface area contributed by atoms with Gasteiger partial charge in [0.1, 0.15) is 0 Å². The molecule has 0 aromatic heterocycles. The molecule has 2 aromatic carbocycles. The number of hydrogen-bond donors (Lipinski definition) is 5. The highest BCUT2D eigenvalue weighted by Gasteiger charge is 2.44. The first-order chi connectivity index (χ1) is 35.3. The Morgan fingerprint density at radius 1 is 0.587 bits per heavy atom. The van der Waals surface area contributed by atoms with Crippen molar-refractivity contribution < 1.29 is 90.2 Å². The number of rotatable bonds is 37. The minimum absolute atomic E-state index is 0.00308. The first-order valence-electron chi connectivity index (χ1n) is 24.2. The van der Waals surface area contributed by atoms with Gasteiger partial charge >= 0.3 is 5.97 Å². The predicted molar refractivity (Wildman–Crippen MR) is 291 cm³/mol. The van der Waals surface area contributed by atoms with E-state index in [4.69, 9.17) is 28.4 Å². The van der Waals surface area contributed by atoms with E-state index in [1.165, 1.54) is 24.3 Å². The summed E-state index contributed by atoms with van der Waals surface area (Å²) in [7, 11) is -16.5. The Morgan fingerprint density at radius 3 is 1.56 bits per heavy atom. The molecule has 22 nitrogen and oxygen atoms in total. The third-order valence-electron chi connectivity index (χ3n) is 12.4. The van der Waals surface area contributed by atoms with Crippen molar-refractivity contribution in [2.24, 2.45) is 0 Å². The zero-order valence-electron chi connectivity index (χ0n) is 42.4. The van der Waals surface area contributed by atoms with Crippen LogP contribution < -0.4 is 8.01 Å². The van der Waals surface area contributed by atoms with E-state index in [-0.39, 0.29) is 55.1 Å². The molecule has 2 aromatic rings. The van der Waals surface area contributed by atoms with Crippen LogP contribution in [0.25, 0.3) is 0 Å². The number of carboxylic acids is 1. The summed E-state index contributed by atoms with van der Waals surface area (Å²) in [5.74, 6) is -2.07. The second-order valence-corrected chi connectivity index (χ2v) is 26.8. The summed E-state index contributed by atoms with van der Waals surface area (Å²) in [6.07, 6.45) is 10.5. The quantitative estimate of drug-likeness (QED) is 0.0175. The first-order valence-corrected chi connectivity index (χ1v) is 32.3. The maximum Gasteiger partial charge on any atom is 0.303 e. The SMILES string of the molecule is COCCOCCOCCOCCOCCOCCN1I=C(/C=C/C=C/C=C2/N(CCCCCC(=O)O)c3ccc(S(=O)(=O)O)cc3C2(C)CCCS(=O)(=O)O)C(C)(CCCS(=O)(=O)O)c2cc(S(=O)(=O)O)ccc21. The zero-order chi connectivity index (χ0) is 55.3. The van der Waals surface area contributed by atoms with Gasteiger partial charge in [-0.3, -0.25) is 23.0 Å². The second-order valence-electron chi connectivity index (χ2n) is 18.0. The van der Waals surface area contributed by atoms with E-state index in [9.17, 15) is 61.8 Å². The van der Waals surface area contributed by atoms with Crippen LogP contribution in [-0.2, 0) is 84.5 Å². The average Bonchev–Trinajstić information content (AvgIpc) is 3.54. The Morgan fingerprint density at radius 2 is 1.07 bits per heavy atom. The minimum Gasteiger partial charge on any atom is -0.481 e. The summed E-state index contributed by atoms with van der Waals surface area (Å²) in [6.45, 7) is 8.64. The fourth-order valence-electron chi connectivity index (χ4n) is 8.59. The average molecular weight is 1250 g/mol. The number of nitrogens with zero attached hydrogens (tertiary/aromatic N) is 2. The highest BCUT2D eigenvalue weighted by atomic mass is 127. The summed E-state index contributed by atoms with van der Waals surface area (Å²) in [5.41, 5.74) is 0.819. The maximum atomic E-state index is 12.5. The van der Waals surface area contributed by atoms with E-state index in [1.807, 2.05) is 17.9 Å². The van der Waals surface area contributed by atoms with Crippen molar-refractivity contribution in [2.75, 3.05) is 112 Å². The van der Waals surface area contributed by atoms with Crippen molar-refractivity contribution in [2.45, 2.75) is 85.8 Å². The first kappa shape index (κ1) is 64.3. The molecule has 2 unspecified atom stereocenters. The number of ether oxygens (including phenoxy) is 6. The van der Waals surface area contributed by atoms with Crippen LogP contribution in [0.2, 0.25) is 0 Å². The van der Waals surface area contributed by atoms with Gasteiger partial charge in [0.15, 0.2) is 0 Å². The van der Waals surface area contributed by atoms with Gasteiger partial charge in [-0.15, -0.1) is 0 Å². The predicted octanol–water partition coefficient (Wildman–Crippen LogP) is 5.80. The lowest BCUT2D eigenvalue weighted by Gasteiger charge is -2.40. The molecule has 0 amide bonds. The Balaban J connectivity index is 1.61. The Labute approximate surface area is 451 Å². The van der Waals surface area contributed by atoms with E-state index in [0.29, 0.717) is 120 Å². The number of unbranched alkanes of at least 4 members (excludes halogenated alkanes) is 2. The summed E-state index contributed by atoms with van der Waals surface area (Å²) >= 11 is -1.10. The molecule has 27 heteroatoms. The van der Waals surface area contributed by atoms with Crippen LogP contribution in [0, 0.1) is 0 Å².